The van der Waals surface area contributed by atoms with Gasteiger partial charge in [0.15, 0.2) is 0 Å². The Hall–Kier alpha value is -2.30. The first-order valence-corrected chi connectivity index (χ1v) is 7.14. The van der Waals surface area contributed by atoms with Gasteiger partial charge in [-0.15, -0.1) is 0 Å². The molecule has 1 atom stereocenters. The Bertz CT molecular complexity index is 699. The molecule has 0 bridgehead atoms. The topological polar surface area (TPSA) is 66.3 Å². The Morgan fingerprint density at radius 2 is 2.14 bits per heavy atom. The number of nitrogens with zero attached hydrogens (tertiary/aromatic N) is 1. The largest absolute Gasteiger partial charge is 0.467 e. The number of nitrogens with one attached hydrogen (secondary N) is 1. The smallest absolute Gasteiger partial charge is 0.260 e. The minimum absolute atomic E-state index is 0.180. The molecule has 0 radical (unpaired) electrons. The van der Waals surface area contributed by atoms with Gasteiger partial charge in [0.2, 0.25) is 0 Å². The van der Waals surface area contributed by atoms with Crippen LogP contribution in [-0.4, -0.2) is 21.8 Å². The molecule has 21 heavy (non-hydrogen) atoms. The van der Waals surface area contributed by atoms with Gasteiger partial charge in [0.25, 0.3) is 11.5 Å². The number of hydrogen-bond donors (Lipinski definition) is 1. The van der Waals surface area contributed by atoms with Gasteiger partial charge in [-0.1, -0.05) is 0 Å². The highest BCUT2D eigenvalue weighted by atomic mass is 16.3. The molecule has 0 aliphatic heterocycles. The van der Waals surface area contributed by atoms with E-state index in [9.17, 15) is 9.59 Å². The lowest BCUT2D eigenvalue weighted by atomic mass is 10.1. The molecule has 1 aliphatic carbocycles. The Morgan fingerprint density at radius 3 is 2.71 bits per heavy atom. The maximum absolute atomic E-state index is 12.8. The van der Waals surface area contributed by atoms with Crippen molar-refractivity contribution in [2.45, 2.75) is 38.8 Å². The molecule has 2 heterocycles. The van der Waals surface area contributed by atoms with E-state index in [4.69, 9.17) is 4.42 Å². The highest BCUT2D eigenvalue weighted by molar-refractivity contribution is 5.94. The molecule has 5 nitrogen and oxygen atoms in total. The Labute approximate surface area is 122 Å². The molecule has 2 aromatic rings. The van der Waals surface area contributed by atoms with Crippen LogP contribution in [0.3, 0.4) is 0 Å². The second-order valence-corrected chi connectivity index (χ2v) is 5.52. The van der Waals surface area contributed by atoms with Crippen molar-refractivity contribution in [1.29, 1.82) is 0 Å². The number of rotatable bonds is 4. The van der Waals surface area contributed by atoms with Gasteiger partial charge in [0, 0.05) is 11.7 Å². The fourth-order valence-corrected chi connectivity index (χ4v) is 2.56. The van der Waals surface area contributed by atoms with E-state index in [1.807, 2.05) is 13.0 Å². The van der Waals surface area contributed by atoms with Gasteiger partial charge < -0.3 is 14.3 Å². The number of aromatic amines is 1. The number of aryl methyl sites for hydroxylation is 1. The van der Waals surface area contributed by atoms with Gasteiger partial charge in [0.05, 0.1) is 12.3 Å². The van der Waals surface area contributed by atoms with Crippen molar-refractivity contribution in [3.63, 3.8) is 0 Å². The molecular formula is C16H18N2O3. The summed E-state index contributed by atoms with van der Waals surface area (Å²) in [5, 5.41) is 0. The zero-order valence-electron chi connectivity index (χ0n) is 12.1. The van der Waals surface area contributed by atoms with E-state index in [-0.39, 0.29) is 29.1 Å². The van der Waals surface area contributed by atoms with E-state index >= 15 is 0 Å². The summed E-state index contributed by atoms with van der Waals surface area (Å²) in [4.78, 5) is 29.2. The molecule has 1 saturated carbocycles. The SMILES string of the molecule is Cc1ccc(C(=O)N(C2CC2)[C@H](C)c2ccco2)c(=O)[nH]1. The molecule has 0 saturated heterocycles. The summed E-state index contributed by atoms with van der Waals surface area (Å²) in [7, 11) is 0. The fraction of sp³-hybridized carbons (Fsp3) is 0.375. The first-order chi connectivity index (χ1) is 10.1. The molecule has 0 unspecified atom stereocenters. The number of furan rings is 1. The van der Waals surface area contributed by atoms with Crippen LogP contribution >= 0.6 is 0 Å². The lowest BCUT2D eigenvalue weighted by molar-refractivity contribution is 0.0651. The summed E-state index contributed by atoms with van der Waals surface area (Å²) in [5.41, 5.74) is 0.594. The first kappa shape index (κ1) is 13.7. The average molecular weight is 286 g/mol. The number of carbonyl (C=O) groups is 1. The van der Waals surface area contributed by atoms with E-state index in [0.717, 1.165) is 24.3 Å². The molecule has 1 fully saturated rings. The number of pyridine rings is 1. The van der Waals surface area contributed by atoms with Gasteiger partial charge >= 0.3 is 0 Å². The van der Waals surface area contributed by atoms with Gasteiger partial charge in [0.1, 0.15) is 11.3 Å². The number of H-pyrrole nitrogens is 1. The van der Waals surface area contributed by atoms with Crippen molar-refractivity contribution in [3.05, 3.63) is 57.9 Å². The van der Waals surface area contributed by atoms with Gasteiger partial charge in [-0.25, -0.2) is 0 Å². The molecule has 1 amide bonds. The van der Waals surface area contributed by atoms with Gasteiger partial charge in [-0.05, 0) is 51.0 Å². The first-order valence-electron chi connectivity index (χ1n) is 7.14. The van der Waals surface area contributed by atoms with Gasteiger partial charge in [-0.2, -0.15) is 0 Å². The molecule has 1 aliphatic rings. The summed E-state index contributed by atoms with van der Waals surface area (Å²) in [6.45, 7) is 3.72. The number of hydrogen-bond acceptors (Lipinski definition) is 3. The van der Waals surface area contributed by atoms with Crippen molar-refractivity contribution in [3.8, 4) is 0 Å². The number of aromatic nitrogens is 1. The van der Waals surface area contributed by atoms with Crippen LogP contribution in [0.2, 0.25) is 0 Å². The van der Waals surface area contributed by atoms with Crippen LogP contribution in [0.5, 0.6) is 0 Å². The third kappa shape index (κ3) is 2.63. The maximum atomic E-state index is 12.8. The Morgan fingerprint density at radius 1 is 1.38 bits per heavy atom. The zero-order valence-corrected chi connectivity index (χ0v) is 12.1. The molecular weight excluding hydrogens is 268 g/mol. The Kier molecular flexibility index (Phi) is 3.41. The average Bonchev–Trinajstić information content (AvgIpc) is 3.11. The maximum Gasteiger partial charge on any atom is 0.260 e. The van der Waals surface area contributed by atoms with Crippen LogP contribution in [-0.2, 0) is 0 Å². The van der Waals surface area contributed by atoms with Crippen LogP contribution in [0.1, 0.15) is 47.6 Å². The zero-order chi connectivity index (χ0) is 15.0. The number of carbonyl (C=O) groups excluding carboxylic acids is 1. The van der Waals surface area contributed by atoms with Gasteiger partial charge in [-0.3, -0.25) is 9.59 Å². The minimum Gasteiger partial charge on any atom is -0.467 e. The van der Waals surface area contributed by atoms with Crippen LogP contribution in [0.25, 0.3) is 0 Å². The second-order valence-electron chi connectivity index (χ2n) is 5.52. The van der Waals surface area contributed by atoms with Crippen LogP contribution in [0.15, 0.2) is 39.7 Å². The molecule has 5 heteroatoms. The van der Waals surface area contributed by atoms with Crippen molar-refractivity contribution < 1.29 is 9.21 Å². The van der Waals surface area contributed by atoms with Crippen molar-refractivity contribution in [2.24, 2.45) is 0 Å². The lowest BCUT2D eigenvalue weighted by Crippen LogP contribution is -2.38. The highest BCUT2D eigenvalue weighted by Gasteiger charge is 2.38. The van der Waals surface area contributed by atoms with E-state index in [1.165, 1.54) is 0 Å². The normalized spacial score (nSPS) is 15.7. The standard InChI is InChI=1S/C16H18N2O3/c1-10-5-8-13(15(19)17-10)16(20)18(12-6-7-12)11(2)14-4-3-9-21-14/h3-5,8-9,11-12H,6-7H2,1-2H3,(H,17,19)/t11-/m1/s1. The van der Waals surface area contributed by atoms with Crippen molar-refractivity contribution in [2.75, 3.05) is 0 Å². The summed E-state index contributed by atoms with van der Waals surface area (Å²) >= 11 is 0. The molecule has 0 aromatic carbocycles. The predicted molar refractivity (Wildman–Crippen MR) is 78.1 cm³/mol. The summed E-state index contributed by atoms with van der Waals surface area (Å²) in [6, 6.07) is 7.02. The van der Waals surface area contributed by atoms with Crippen LogP contribution in [0.4, 0.5) is 0 Å². The van der Waals surface area contributed by atoms with E-state index < -0.39 is 0 Å². The lowest BCUT2D eigenvalue weighted by Gasteiger charge is -2.27. The van der Waals surface area contributed by atoms with E-state index in [1.54, 1.807) is 36.3 Å². The predicted octanol–water partition coefficient (Wildman–Crippen LogP) is 2.64. The highest BCUT2D eigenvalue weighted by Crippen LogP contribution is 2.35. The van der Waals surface area contributed by atoms with E-state index in [2.05, 4.69) is 4.98 Å². The third-order valence-electron chi connectivity index (χ3n) is 3.83. The van der Waals surface area contributed by atoms with E-state index in [0.29, 0.717) is 0 Å². The fourth-order valence-electron chi connectivity index (χ4n) is 2.56. The summed E-state index contributed by atoms with van der Waals surface area (Å²) in [6.07, 6.45) is 3.54. The molecule has 110 valence electrons. The molecule has 2 aromatic heterocycles. The minimum atomic E-state index is -0.336. The summed E-state index contributed by atoms with van der Waals surface area (Å²) in [5.74, 6) is 0.501. The van der Waals surface area contributed by atoms with Crippen LogP contribution < -0.4 is 5.56 Å². The second kappa shape index (κ2) is 5.24. The third-order valence-corrected chi connectivity index (χ3v) is 3.83. The summed E-state index contributed by atoms with van der Waals surface area (Å²) < 4.78 is 5.41. The quantitative estimate of drug-likeness (QED) is 0.939. The molecule has 1 N–H and O–H groups in total. The Balaban J connectivity index is 1.94. The monoisotopic (exact) mass is 286 g/mol. The van der Waals surface area contributed by atoms with Crippen LogP contribution in [0, 0.1) is 6.92 Å². The van der Waals surface area contributed by atoms with Crippen molar-refractivity contribution in [1.82, 2.24) is 9.88 Å². The van der Waals surface area contributed by atoms with Crippen molar-refractivity contribution >= 4 is 5.91 Å². The molecule has 3 rings (SSSR count). The molecule has 0 spiro atoms. The number of amides is 1.